The van der Waals surface area contributed by atoms with Crippen molar-refractivity contribution >= 4 is 34.6 Å². The van der Waals surface area contributed by atoms with E-state index in [9.17, 15) is 4.79 Å². The molecule has 4 nitrogen and oxygen atoms in total. The molecule has 3 rings (SSSR count). The molecule has 0 fully saturated rings. The first-order valence-corrected chi connectivity index (χ1v) is 9.51. The SMILES string of the molecule is CC(=O)OCCNc1ccccc1Nc1ccc(-c2ccccc2C)c(Cl)c1. The van der Waals surface area contributed by atoms with Crippen molar-refractivity contribution in [3.05, 3.63) is 77.3 Å². The van der Waals surface area contributed by atoms with Crippen LogP contribution >= 0.6 is 11.6 Å². The quantitative estimate of drug-likeness (QED) is 0.379. The van der Waals surface area contributed by atoms with Crippen LogP contribution in [0.5, 0.6) is 0 Å². The van der Waals surface area contributed by atoms with Gasteiger partial charge in [0.2, 0.25) is 0 Å². The van der Waals surface area contributed by atoms with E-state index in [-0.39, 0.29) is 5.97 Å². The molecule has 28 heavy (non-hydrogen) atoms. The fourth-order valence-corrected chi connectivity index (χ4v) is 3.25. The number of ether oxygens (including phenoxy) is 1. The molecule has 0 saturated carbocycles. The fourth-order valence-electron chi connectivity index (χ4n) is 2.97. The zero-order chi connectivity index (χ0) is 19.9. The molecule has 0 aliphatic carbocycles. The van der Waals surface area contributed by atoms with Crippen LogP contribution in [0.25, 0.3) is 11.1 Å². The summed E-state index contributed by atoms with van der Waals surface area (Å²) in [6.45, 7) is 4.33. The van der Waals surface area contributed by atoms with Crippen LogP contribution in [0.4, 0.5) is 17.1 Å². The van der Waals surface area contributed by atoms with Gasteiger partial charge in [0.1, 0.15) is 6.61 Å². The lowest BCUT2D eigenvalue weighted by molar-refractivity contribution is -0.140. The molecule has 0 unspecified atom stereocenters. The lowest BCUT2D eigenvalue weighted by Crippen LogP contribution is -2.12. The van der Waals surface area contributed by atoms with Gasteiger partial charge in [-0.15, -0.1) is 0 Å². The largest absolute Gasteiger partial charge is 0.464 e. The van der Waals surface area contributed by atoms with Gasteiger partial charge in [-0.05, 0) is 42.3 Å². The fraction of sp³-hybridized carbons (Fsp3) is 0.174. The molecule has 144 valence electrons. The number of esters is 1. The number of nitrogens with one attached hydrogen (secondary N) is 2. The van der Waals surface area contributed by atoms with Crippen molar-refractivity contribution in [1.82, 2.24) is 0 Å². The molecule has 0 aliphatic rings. The zero-order valence-electron chi connectivity index (χ0n) is 16.0. The summed E-state index contributed by atoms with van der Waals surface area (Å²) in [4.78, 5) is 10.9. The van der Waals surface area contributed by atoms with E-state index in [4.69, 9.17) is 16.3 Å². The predicted molar refractivity (Wildman–Crippen MR) is 116 cm³/mol. The summed E-state index contributed by atoms with van der Waals surface area (Å²) >= 11 is 6.57. The van der Waals surface area contributed by atoms with Gasteiger partial charge in [-0.1, -0.05) is 54.1 Å². The van der Waals surface area contributed by atoms with Crippen molar-refractivity contribution in [3.63, 3.8) is 0 Å². The number of aryl methyl sites for hydroxylation is 1. The van der Waals surface area contributed by atoms with Crippen molar-refractivity contribution < 1.29 is 9.53 Å². The molecular formula is C23H23ClN2O2. The van der Waals surface area contributed by atoms with Gasteiger partial charge < -0.3 is 15.4 Å². The second-order valence-electron chi connectivity index (χ2n) is 6.45. The molecule has 2 N–H and O–H groups in total. The van der Waals surface area contributed by atoms with E-state index in [1.165, 1.54) is 12.5 Å². The molecule has 0 atom stereocenters. The maximum absolute atomic E-state index is 10.9. The normalized spacial score (nSPS) is 10.4. The third-order valence-electron chi connectivity index (χ3n) is 4.33. The Hall–Kier alpha value is -2.98. The maximum atomic E-state index is 10.9. The Kier molecular flexibility index (Phi) is 6.56. The Balaban J connectivity index is 1.75. The first-order chi connectivity index (χ1) is 13.5. The topological polar surface area (TPSA) is 50.4 Å². The van der Waals surface area contributed by atoms with Crippen LogP contribution in [0.2, 0.25) is 5.02 Å². The molecule has 0 radical (unpaired) electrons. The highest BCUT2D eigenvalue weighted by Gasteiger charge is 2.08. The van der Waals surface area contributed by atoms with Gasteiger partial charge in [0, 0.05) is 24.7 Å². The van der Waals surface area contributed by atoms with Gasteiger partial charge in [-0.2, -0.15) is 0 Å². The Labute approximate surface area is 170 Å². The van der Waals surface area contributed by atoms with Crippen LogP contribution in [-0.2, 0) is 9.53 Å². The van der Waals surface area contributed by atoms with E-state index in [0.29, 0.717) is 18.2 Å². The summed E-state index contributed by atoms with van der Waals surface area (Å²) in [6.07, 6.45) is 0. The summed E-state index contributed by atoms with van der Waals surface area (Å²) in [6, 6.07) is 22.0. The Morgan fingerprint density at radius 2 is 1.68 bits per heavy atom. The van der Waals surface area contributed by atoms with Gasteiger partial charge in [0.05, 0.1) is 16.4 Å². The number of carbonyl (C=O) groups excluding carboxylic acids is 1. The maximum Gasteiger partial charge on any atom is 0.302 e. The van der Waals surface area contributed by atoms with Crippen LogP contribution in [-0.4, -0.2) is 19.1 Å². The van der Waals surface area contributed by atoms with E-state index in [0.717, 1.165) is 28.2 Å². The number of hydrogen-bond acceptors (Lipinski definition) is 4. The van der Waals surface area contributed by atoms with Gasteiger partial charge >= 0.3 is 5.97 Å². The summed E-state index contributed by atoms with van der Waals surface area (Å²) in [5.41, 5.74) is 6.08. The number of benzene rings is 3. The van der Waals surface area contributed by atoms with E-state index >= 15 is 0 Å². The lowest BCUT2D eigenvalue weighted by atomic mass is 10.0. The number of anilines is 3. The standard InChI is InChI=1S/C23H23ClN2O2/c1-16-7-3-4-8-19(16)20-12-11-18(15-21(20)24)26-23-10-6-5-9-22(23)25-13-14-28-17(2)27/h3-12,15,25-26H,13-14H2,1-2H3. The molecular weight excluding hydrogens is 372 g/mol. The highest BCUT2D eigenvalue weighted by atomic mass is 35.5. The minimum absolute atomic E-state index is 0.281. The van der Waals surface area contributed by atoms with Crippen LogP contribution in [0, 0.1) is 6.92 Å². The number of carbonyl (C=O) groups is 1. The van der Waals surface area contributed by atoms with E-state index in [2.05, 4.69) is 29.7 Å². The second kappa shape index (κ2) is 9.29. The average molecular weight is 395 g/mol. The summed E-state index contributed by atoms with van der Waals surface area (Å²) in [7, 11) is 0. The van der Waals surface area contributed by atoms with E-state index in [1.807, 2.05) is 54.6 Å². The van der Waals surface area contributed by atoms with Crippen molar-refractivity contribution in [2.24, 2.45) is 0 Å². The smallest absolute Gasteiger partial charge is 0.302 e. The van der Waals surface area contributed by atoms with Gasteiger partial charge in [-0.25, -0.2) is 0 Å². The summed E-state index contributed by atoms with van der Waals surface area (Å²) < 4.78 is 4.96. The van der Waals surface area contributed by atoms with Crippen LogP contribution in [0.3, 0.4) is 0 Å². The Bertz CT molecular complexity index is 972. The number of para-hydroxylation sites is 2. The first kappa shape index (κ1) is 19.8. The van der Waals surface area contributed by atoms with Crippen molar-refractivity contribution in [3.8, 4) is 11.1 Å². The molecule has 0 bridgehead atoms. The predicted octanol–water partition coefficient (Wildman–Crippen LogP) is 6.03. The van der Waals surface area contributed by atoms with Gasteiger partial charge in [-0.3, -0.25) is 4.79 Å². The zero-order valence-corrected chi connectivity index (χ0v) is 16.7. The Morgan fingerprint density at radius 3 is 2.39 bits per heavy atom. The Morgan fingerprint density at radius 1 is 0.964 bits per heavy atom. The van der Waals surface area contributed by atoms with Crippen LogP contribution < -0.4 is 10.6 Å². The third kappa shape index (κ3) is 5.05. The monoisotopic (exact) mass is 394 g/mol. The third-order valence-corrected chi connectivity index (χ3v) is 4.65. The van der Waals surface area contributed by atoms with E-state index < -0.39 is 0 Å². The molecule has 3 aromatic carbocycles. The second-order valence-corrected chi connectivity index (χ2v) is 6.85. The molecule has 0 aromatic heterocycles. The van der Waals surface area contributed by atoms with Crippen molar-refractivity contribution in [1.29, 1.82) is 0 Å². The average Bonchev–Trinajstić information content (AvgIpc) is 2.67. The molecule has 0 amide bonds. The van der Waals surface area contributed by atoms with Crippen molar-refractivity contribution in [2.45, 2.75) is 13.8 Å². The minimum Gasteiger partial charge on any atom is -0.464 e. The number of rotatable bonds is 7. The molecule has 0 spiro atoms. The highest BCUT2D eigenvalue weighted by molar-refractivity contribution is 6.33. The molecule has 0 aliphatic heterocycles. The van der Waals surface area contributed by atoms with Crippen molar-refractivity contribution in [2.75, 3.05) is 23.8 Å². The number of hydrogen-bond donors (Lipinski definition) is 2. The number of halogens is 1. The molecule has 0 saturated heterocycles. The summed E-state index contributed by atoms with van der Waals surface area (Å²) in [5, 5.41) is 7.37. The molecule has 0 heterocycles. The van der Waals surface area contributed by atoms with Gasteiger partial charge in [0.25, 0.3) is 0 Å². The molecule has 5 heteroatoms. The molecule has 3 aromatic rings. The minimum atomic E-state index is -0.281. The van der Waals surface area contributed by atoms with Crippen LogP contribution in [0.15, 0.2) is 66.7 Å². The van der Waals surface area contributed by atoms with Crippen LogP contribution in [0.1, 0.15) is 12.5 Å². The van der Waals surface area contributed by atoms with Gasteiger partial charge in [0.15, 0.2) is 0 Å². The highest BCUT2D eigenvalue weighted by Crippen LogP contribution is 2.34. The van der Waals surface area contributed by atoms with E-state index in [1.54, 1.807) is 0 Å². The first-order valence-electron chi connectivity index (χ1n) is 9.13. The summed E-state index contributed by atoms with van der Waals surface area (Å²) in [5.74, 6) is -0.281. The lowest BCUT2D eigenvalue weighted by Gasteiger charge is -2.15.